The fourth-order valence-corrected chi connectivity index (χ4v) is 3.19. The lowest BCUT2D eigenvalue weighted by Crippen LogP contribution is -2.36. The summed E-state index contributed by atoms with van der Waals surface area (Å²) in [7, 11) is 0. The summed E-state index contributed by atoms with van der Waals surface area (Å²) in [5.41, 5.74) is 2.69. The maximum Gasteiger partial charge on any atom is 0.257 e. The van der Waals surface area contributed by atoms with E-state index in [1.54, 1.807) is 0 Å². The predicted octanol–water partition coefficient (Wildman–Crippen LogP) is 3.22. The van der Waals surface area contributed by atoms with E-state index in [9.17, 15) is 13.6 Å². The molecule has 2 heterocycles. The molecular formula is C20H18F2N4O. The second-order valence-corrected chi connectivity index (χ2v) is 6.45. The van der Waals surface area contributed by atoms with Crippen LogP contribution < -0.4 is 15.8 Å². The van der Waals surface area contributed by atoms with Gasteiger partial charge in [-0.25, -0.2) is 13.8 Å². The van der Waals surface area contributed by atoms with Crippen molar-refractivity contribution in [3.63, 3.8) is 0 Å². The molecule has 0 radical (unpaired) electrons. The summed E-state index contributed by atoms with van der Waals surface area (Å²) in [6.45, 7) is 1.44. The van der Waals surface area contributed by atoms with E-state index in [4.69, 9.17) is 0 Å². The van der Waals surface area contributed by atoms with Crippen molar-refractivity contribution in [2.75, 3.05) is 16.8 Å². The second-order valence-electron chi connectivity index (χ2n) is 6.45. The number of H-pyrrole nitrogens is 1. The molecule has 3 aromatic rings. The van der Waals surface area contributed by atoms with Crippen molar-refractivity contribution in [2.24, 2.45) is 0 Å². The average Bonchev–Trinajstić information content (AvgIpc) is 2.69. The highest BCUT2D eigenvalue weighted by Gasteiger charge is 2.22. The molecule has 4 rings (SSSR count). The van der Waals surface area contributed by atoms with Gasteiger partial charge in [0.25, 0.3) is 5.56 Å². The lowest BCUT2D eigenvalue weighted by atomic mass is 10.1. The van der Waals surface area contributed by atoms with Crippen LogP contribution in [0.5, 0.6) is 0 Å². The fourth-order valence-electron chi connectivity index (χ4n) is 3.19. The summed E-state index contributed by atoms with van der Waals surface area (Å²) in [6.07, 6.45) is 0.554. The maximum atomic E-state index is 13.5. The number of hydrogen-bond acceptors (Lipinski definition) is 4. The van der Waals surface area contributed by atoms with Gasteiger partial charge in [-0.3, -0.25) is 9.78 Å². The molecule has 1 aliphatic heterocycles. The summed E-state index contributed by atoms with van der Waals surface area (Å²) in [6, 6.07) is 13.6. The van der Waals surface area contributed by atoms with Gasteiger partial charge in [-0.2, -0.15) is 0 Å². The van der Waals surface area contributed by atoms with E-state index < -0.39 is 11.6 Å². The van der Waals surface area contributed by atoms with E-state index in [0.717, 1.165) is 23.4 Å². The molecule has 5 nitrogen and oxygen atoms in total. The van der Waals surface area contributed by atoms with E-state index in [-0.39, 0.29) is 5.56 Å². The fraction of sp³-hybridized carbons (Fsp3) is 0.200. The van der Waals surface area contributed by atoms with Gasteiger partial charge in [0, 0.05) is 31.3 Å². The lowest BCUT2D eigenvalue weighted by molar-refractivity contribution is 0.508. The van der Waals surface area contributed by atoms with Gasteiger partial charge in [0.15, 0.2) is 11.6 Å². The minimum Gasteiger partial charge on any atom is -0.366 e. The minimum absolute atomic E-state index is 0.220. The number of rotatable bonds is 4. The molecule has 1 aliphatic rings. The molecule has 0 saturated heterocycles. The van der Waals surface area contributed by atoms with Crippen molar-refractivity contribution < 1.29 is 8.78 Å². The van der Waals surface area contributed by atoms with Crippen LogP contribution in [-0.4, -0.2) is 16.5 Å². The number of aromatic amines is 1. The topological polar surface area (TPSA) is 61.0 Å². The molecule has 27 heavy (non-hydrogen) atoms. The number of fused-ring (bicyclic) bond motifs is 1. The maximum absolute atomic E-state index is 13.5. The van der Waals surface area contributed by atoms with Crippen LogP contribution >= 0.6 is 0 Å². The largest absolute Gasteiger partial charge is 0.366 e. The molecule has 0 fully saturated rings. The zero-order valence-electron chi connectivity index (χ0n) is 14.5. The molecule has 0 amide bonds. The zero-order chi connectivity index (χ0) is 18.8. The van der Waals surface area contributed by atoms with E-state index in [2.05, 4.69) is 15.3 Å². The highest BCUT2D eigenvalue weighted by atomic mass is 19.2. The van der Waals surface area contributed by atoms with Crippen LogP contribution in [-0.2, 0) is 19.5 Å². The smallest absolute Gasteiger partial charge is 0.257 e. The number of nitrogens with zero attached hydrogens (tertiary/aromatic N) is 2. The monoisotopic (exact) mass is 368 g/mol. The van der Waals surface area contributed by atoms with Crippen LogP contribution in [0.2, 0.25) is 0 Å². The molecule has 0 atom stereocenters. The van der Waals surface area contributed by atoms with E-state index in [0.29, 0.717) is 43.3 Å². The number of nitrogens with one attached hydrogen (secondary N) is 2. The van der Waals surface area contributed by atoms with Crippen LogP contribution in [0.3, 0.4) is 0 Å². The SMILES string of the molecule is O=c1[nH]c(NCc2ccccc2)nc2c1CN(c1ccc(F)c(F)c1)CC2. The van der Waals surface area contributed by atoms with Crippen LogP contribution in [0.4, 0.5) is 20.4 Å². The molecule has 0 spiro atoms. The van der Waals surface area contributed by atoms with Crippen molar-refractivity contribution in [1.82, 2.24) is 9.97 Å². The Hall–Kier alpha value is -3.22. The highest BCUT2D eigenvalue weighted by molar-refractivity contribution is 5.49. The standard InChI is InChI=1S/C20H18F2N4O/c21-16-7-6-14(10-17(16)22)26-9-8-18-15(12-26)19(27)25-20(24-18)23-11-13-4-2-1-3-5-13/h1-7,10H,8-9,11-12H2,(H2,23,24,25,27). The van der Waals surface area contributed by atoms with Gasteiger partial charge >= 0.3 is 0 Å². The van der Waals surface area contributed by atoms with Crippen LogP contribution in [0.25, 0.3) is 0 Å². The first-order valence-electron chi connectivity index (χ1n) is 8.70. The Balaban J connectivity index is 1.52. The Morgan fingerprint density at radius 1 is 1.11 bits per heavy atom. The predicted molar refractivity (Wildman–Crippen MR) is 99.7 cm³/mol. The van der Waals surface area contributed by atoms with E-state index in [1.165, 1.54) is 6.07 Å². The molecule has 2 aromatic carbocycles. The molecule has 0 unspecified atom stereocenters. The van der Waals surface area contributed by atoms with Gasteiger partial charge in [0.1, 0.15) is 0 Å². The highest BCUT2D eigenvalue weighted by Crippen LogP contribution is 2.24. The number of halogens is 2. The molecule has 0 bridgehead atoms. The summed E-state index contributed by atoms with van der Waals surface area (Å²) >= 11 is 0. The first kappa shape index (κ1) is 17.2. The summed E-state index contributed by atoms with van der Waals surface area (Å²) in [5.74, 6) is -1.35. The number of hydrogen-bond donors (Lipinski definition) is 2. The Morgan fingerprint density at radius 3 is 2.70 bits per heavy atom. The number of aromatic nitrogens is 2. The lowest BCUT2D eigenvalue weighted by Gasteiger charge is -2.29. The van der Waals surface area contributed by atoms with Crippen molar-refractivity contribution in [2.45, 2.75) is 19.5 Å². The quantitative estimate of drug-likeness (QED) is 0.742. The van der Waals surface area contributed by atoms with E-state index in [1.807, 2.05) is 35.2 Å². The average molecular weight is 368 g/mol. The molecule has 0 aliphatic carbocycles. The van der Waals surface area contributed by atoms with Gasteiger partial charge in [0.2, 0.25) is 5.95 Å². The number of anilines is 2. The van der Waals surface area contributed by atoms with Gasteiger partial charge in [-0.15, -0.1) is 0 Å². The third-order valence-electron chi connectivity index (χ3n) is 4.64. The van der Waals surface area contributed by atoms with Crippen LogP contribution in [0, 0.1) is 11.6 Å². The number of benzene rings is 2. The zero-order valence-corrected chi connectivity index (χ0v) is 14.5. The van der Waals surface area contributed by atoms with Crippen molar-refractivity contribution in [1.29, 1.82) is 0 Å². The van der Waals surface area contributed by atoms with Gasteiger partial charge in [-0.1, -0.05) is 30.3 Å². The Labute approximate surface area is 154 Å². The first-order valence-corrected chi connectivity index (χ1v) is 8.70. The third kappa shape index (κ3) is 3.67. The second kappa shape index (κ2) is 7.19. The molecule has 138 valence electrons. The molecular weight excluding hydrogens is 350 g/mol. The summed E-state index contributed by atoms with van der Waals surface area (Å²) in [5, 5.41) is 3.14. The van der Waals surface area contributed by atoms with Gasteiger partial charge < -0.3 is 10.2 Å². The summed E-state index contributed by atoms with van der Waals surface area (Å²) in [4.78, 5) is 21.6. The van der Waals surface area contributed by atoms with Crippen molar-refractivity contribution in [3.8, 4) is 0 Å². The molecule has 2 N–H and O–H groups in total. The minimum atomic E-state index is -0.897. The normalized spacial score (nSPS) is 13.3. The molecule has 0 saturated carbocycles. The summed E-state index contributed by atoms with van der Waals surface area (Å²) < 4.78 is 26.6. The Bertz CT molecular complexity index is 1020. The van der Waals surface area contributed by atoms with E-state index >= 15 is 0 Å². The first-order chi connectivity index (χ1) is 13.1. The van der Waals surface area contributed by atoms with Crippen LogP contribution in [0.1, 0.15) is 16.8 Å². The van der Waals surface area contributed by atoms with Gasteiger partial charge in [-0.05, 0) is 17.7 Å². The van der Waals surface area contributed by atoms with Crippen LogP contribution in [0.15, 0.2) is 53.3 Å². The molecule has 7 heteroatoms. The Morgan fingerprint density at radius 2 is 1.93 bits per heavy atom. The van der Waals surface area contributed by atoms with Crippen molar-refractivity contribution in [3.05, 3.63) is 87.3 Å². The molecule has 1 aromatic heterocycles. The Kier molecular flexibility index (Phi) is 4.58. The van der Waals surface area contributed by atoms with Gasteiger partial charge in [0.05, 0.1) is 17.8 Å². The third-order valence-corrected chi connectivity index (χ3v) is 4.64. The van der Waals surface area contributed by atoms with Crippen molar-refractivity contribution >= 4 is 11.6 Å².